The van der Waals surface area contributed by atoms with Crippen LogP contribution in [0.1, 0.15) is 50.7 Å². The van der Waals surface area contributed by atoms with Gasteiger partial charge in [-0.15, -0.1) is 0 Å². The Kier molecular flexibility index (Phi) is 4.68. The van der Waals surface area contributed by atoms with Crippen LogP contribution in [0, 0.1) is 24.2 Å². The molecule has 0 aromatic heterocycles. The summed E-state index contributed by atoms with van der Waals surface area (Å²) in [7, 11) is 0. The molecule has 3 nitrogen and oxygen atoms in total. The lowest BCUT2D eigenvalue weighted by Crippen LogP contribution is -2.33. The van der Waals surface area contributed by atoms with Crippen molar-refractivity contribution < 1.29 is 0 Å². The van der Waals surface area contributed by atoms with Crippen molar-refractivity contribution in [1.82, 2.24) is 4.90 Å². The molecule has 1 aliphatic heterocycles. The molecule has 0 radical (unpaired) electrons. The first-order valence-electron chi connectivity index (χ1n) is 8.55. The third-order valence-corrected chi connectivity index (χ3v) is 6.20. The molecule has 3 rings (SSSR count). The van der Waals surface area contributed by atoms with Gasteiger partial charge < -0.3 is 4.90 Å². The van der Waals surface area contributed by atoms with E-state index in [9.17, 15) is 0 Å². The standard InChI is InChI=1S/C19H25N3S/c1-14(2)12-22-13-19(8-4-5-9-19)23-18(22)21-17-7-6-16(11-20)10-15(17)3/h6-7,10,14H,4-5,8-9,12-13H2,1-3H3/b21-18-. The Balaban J connectivity index is 1.90. The Bertz CT molecular complexity index is 651. The fraction of sp³-hybridized carbons (Fsp3) is 0.579. The maximum absolute atomic E-state index is 9.02. The number of aryl methyl sites for hydroxylation is 1. The van der Waals surface area contributed by atoms with Crippen LogP contribution in [0.4, 0.5) is 5.69 Å². The molecule has 1 spiro atoms. The fourth-order valence-corrected chi connectivity index (χ4v) is 5.13. The summed E-state index contributed by atoms with van der Waals surface area (Å²) in [6.07, 6.45) is 5.34. The van der Waals surface area contributed by atoms with Crippen molar-refractivity contribution in [2.24, 2.45) is 10.9 Å². The number of aliphatic imine (C=N–C) groups is 1. The molecular weight excluding hydrogens is 302 g/mol. The zero-order chi connectivity index (χ0) is 16.4. The van der Waals surface area contributed by atoms with Crippen molar-refractivity contribution in [2.45, 2.75) is 51.2 Å². The first-order chi connectivity index (χ1) is 11.0. The number of nitriles is 1. The smallest absolute Gasteiger partial charge is 0.165 e. The summed E-state index contributed by atoms with van der Waals surface area (Å²) in [6.45, 7) is 8.80. The van der Waals surface area contributed by atoms with Gasteiger partial charge in [0.05, 0.1) is 17.3 Å². The molecule has 1 aromatic rings. The second-order valence-corrected chi connectivity index (χ2v) is 8.71. The molecule has 2 aliphatic rings. The minimum Gasteiger partial charge on any atom is -0.350 e. The Morgan fingerprint density at radius 1 is 1.35 bits per heavy atom. The van der Waals surface area contributed by atoms with Crippen molar-refractivity contribution >= 4 is 22.6 Å². The largest absolute Gasteiger partial charge is 0.350 e. The molecule has 1 aromatic carbocycles. The van der Waals surface area contributed by atoms with E-state index < -0.39 is 0 Å². The molecule has 0 unspecified atom stereocenters. The number of amidine groups is 1. The van der Waals surface area contributed by atoms with Crippen LogP contribution < -0.4 is 0 Å². The van der Waals surface area contributed by atoms with Gasteiger partial charge in [0.2, 0.25) is 0 Å². The SMILES string of the molecule is Cc1cc(C#N)ccc1/N=C1\SC2(CCCC2)CN1CC(C)C. The zero-order valence-electron chi connectivity index (χ0n) is 14.3. The van der Waals surface area contributed by atoms with Crippen LogP contribution in [-0.4, -0.2) is 27.9 Å². The maximum atomic E-state index is 9.02. The average Bonchev–Trinajstić information content (AvgIpc) is 3.08. The highest BCUT2D eigenvalue weighted by atomic mass is 32.2. The summed E-state index contributed by atoms with van der Waals surface area (Å²) >= 11 is 2.00. The topological polar surface area (TPSA) is 39.4 Å². The second-order valence-electron chi connectivity index (χ2n) is 7.27. The van der Waals surface area contributed by atoms with Crippen molar-refractivity contribution in [3.05, 3.63) is 29.3 Å². The molecule has 0 amide bonds. The molecule has 1 saturated heterocycles. The van der Waals surface area contributed by atoms with Crippen LogP contribution in [0.25, 0.3) is 0 Å². The first kappa shape index (κ1) is 16.4. The minimum absolute atomic E-state index is 0.397. The summed E-state index contributed by atoms with van der Waals surface area (Å²) in [5, 5.41) is 10.2. The summed E-state index contributed by atoms with van der Waals surface area (Å²) in [6, 6.07) is 7.97. The van der Waals surface area contributed by atoms with Gasteiger partial charge in [-0.2, -0.15) is 5.26 Å². The lowest BCUT2D eigenvalue weighted by Gasteiger charge is -2.23. The molecule has 1 saturated carbocycles. The monoisotopic (exact) mass is 327 g/mol. The number of hydrogen-bond acceptors (Lipinski definition) is 3. The minimum atomic E-state index is 0.397. The summed E-state index contributed by atoms with van der Waals surface area (Å²) in [5.74, 6) is 0.638. The molecule has 0 N–H and O–H groups in total. The van der Waals surface area contributed by atoms with E-state index in [1.807, 2.05) is 36.9 Å². The Labute approximate surface area is 143 Å². The van der Waals surface area contributed by atoms with E-state index >= 15 is 0 Å². The molecule has 0 atom stereocenters. The van der Waals surface area contributed by atoms with E-state index in [1.165, 1.54) is 30.9 Å². The summed E-state index contributed by atoms with van der Waals surface area (Å²) < 4.78 is 0.397. The van der Waals surface area contributed by atoms with Gasteiger partial charge in [-0.05, 0) is 49.4 Å². The number of hydrogen-bond donors (Lipinski definition) is 0. The van der Waals surface area contributed by atoms with Crippen LogP contribution in [0.3, 0.4) is 0 Å². The molecule has 122 valence electrons. The average molecular weight is 327 g/mol. The predicted molar refractivity (Wildman–Crippen MR) is 98.2 cm³/mol. The highest BCUT2D eigenvalue weighted by Crippen LogP contribution is 2.48. The first-order valence-corrected chi connectivity index (χ1v) is 9.36. The third-order valence-electron chi connectivity index (χ3n) is 4.70. The second kappa shape index (κ2) is 6.57. The third kappa shape index (κ3) is 3.55. The molecule has 2 fully saturated rings. The molecular formula is C19H25N3S. The zero-order valence-corrected chi connectivity index (χ0v) is 15.1. The van der Waals surface area contributed by atoms with Crippen LogP contribution in [0.5, 0.6) is 0 Å². The van der Waals surface area contributed by atoms with Gasteiger partial charge in [-0.25, -0.2) is 4.99 Å². The predicted octanol–water partition coefficient (Wildman–Crippen LogP) is 4.87. The highest BCUT2D eigenvalue weighted by Gasteiger charge is 2.44. The van der Waals surface area contributed by atoms with Crippen molar-refractivity contribution in [1.29, 1.82) is 5.26 Å². The van der Waals surface area contributed by atoms with Gasteiger partial charge in [0, 0.05) is 17.8 Å². The van der Waals surface area contributed by atoms with Crippen molar-refractivity contribution in [3.63, 3.8) is 0 Å². The number of nitrogens with zero attached hydrogens (tertiary/aromatic N) is 3. The van der Waals surface area contributed by atoms with E-state index in [0.29, 0.717) is 16.2 Å². The number of thioether (sulfide) groups is 1. The van der Waals surface area contributed by atoms with Gasteiger partial charge in [-0.3, -0.25) is 0 Å². The maximum Gasteiger partial charge on any atom is 0.165 e. The Morgan fingerprint density at radius 3 is 2.70 bits per heavy atom. The van der Waals surface area contributed by atoms with Gasteiger partial charge in [0.15, 0.2) is 5.17 Å². The highest BCUT2D eigenvalue weighted by molar-refractivity contribution is 8.15. The summed E-state index contributed by atoms with van der Waals surface area (Å²) in [4.78, 5) is 7.47. The van der Waals surface area contributed by atoms with Crippen molar-refractivity contribution in [2.75, 3.05) is 13.1 Å². The van der Waals surface area contributed by atoms with E-state index in [0.717, 1.165) is 24.3 Å². The van der Waals surface area contributed by atoms with E-state index in [2.05, 4.69) is 24.8 Å². The van der Waals surface area contributed by atoms with Crippen LogP contribution in [0.2, 0.25) is 0 Å². The number of rotatable bonds is 3. The van der Waals surface area contributed by atoms with Gasteiger partial charge in [0.25, 0.3) is 0 Å². The van der Waals surface area contributed by atoms with Crippen LogP contribution in [-0.2, 0) is 0 Å². The molecule has 23 heavy (non-hydrogen) atoms. The lowest BCUT2D eigenvalue weighted by molar-refractivity contribution is 0.346. The van der Waals surface area contributed by atoms with Gasteiger partial charge >= 0.3 is 0 Å². The molecule has 0 bridgehead atoms. The normalized spacial score (nSPS) is 21.5. The Hall–Kier alpha value is -1.47. The van der Waals surface area contributed by atoms with Gasteiger partial charge in [-0.1, -0.05) is 38.5 Å². The summed E-state index contributed by atoms with van der Waals surface area (Å²) in [5.41, 5.74) is 2.78. The van der Waals surface area contributed by atoms with E-state index in [4.69, 9.17) is 10.3 Å². The molecule has 1 aliphatic carbocycles. The molecule has 1 heterocycles. The van der Waals surface area contributed by atoms with Crippen LogP contribution in [0.15, 0.2) is 23.2 Å². The molecule has 4 heteroatoms. The Morgan fingerprint density at radius 2 is 2.09 bits per heavy atom. The van der Waals surface area contributed by atoms with Crippen LogP contribution >= 0.6 is 11.8 Å². The lowest BCUT2D eigenvalue weighted by atomic mass is 10.1. The van der Waals surface area contributed by atoms with Crippen molar-refractivity contribution in [3.8, 4) is 6.07 Å². The van der Waals surface area contributed by atoms with Gasteiger partial charge in [0.1, 0.15) is 0 Å². The fourth-order valence-electron chi connectivity index (χ4n) is 3.62. The van der Waals surface area contributed by atoms with E-state index in [1.54, 1.807) is 0 Å². The number of benzene rings is 1. The van der Waals surface area contributed by atoms with E-state index in [-0.39, 0.29) is 0 Å². The quantitative estimate of drug-likeness (QED) is 0.795.